The van der Waals surface area contributed by atoms with Crippen LogP contribution in [0.4, 0.5) is 9.18 Å². The first-order chi connectivity index (χ1) is 10.1. The maximum atomic E-state index is 12.6. The molecule has 0 spiro atoms. The zero-order valence-electron chi connectivity index (χ0n) is 11.2. The summed E-state index contributed by atoms with van der Waals surface area (Å²) in [6.07, 6.45) is 0.0807. The molecule has 0 atom stereocenters. The van der Waals surface area contributed by atoms with Crippen LogP contribution in [0.25, 0.3) is 0 Å². The van der Waals surface area contributed by atoms with Crippen molar-refractivity contribution in [2.24, 2.45) is 5.73 Å². The van der Waals surface area contributed by atoms with E-state index in [-0.39, 0.29) is 24.7 Å². The van der Waals surface area contributed by atoms with E-state index in [4.69, 9.17) is 10.5 Å². The molecule has 0 saturated heterocycles. The number of hydrogen-bond donors (Lipinski definition) is 2. The second-order valence-corrected chi connectivity index (χ2v) is 4.49. The van der Waals surface area contributed by atoms with Gasteiger partial charge >= 0.3 is 6.09 Å². The summed E-state index contributed by atoms with van der Waals surface area (Å²) < 4.78 is 22.5. The first-order valence-electron chi connectivity index (χ1n) is 6.34. The maximum Gasteiger partial charge on any atom is 0.404 e. The molecule has 0 aliphatic carbocycles. The fourth-order valence-electron chi connectivity index (χ4n) is 1.93. The summed E-state index contributed by atoms with van der Waals surface area (Å²) in [6.45, 7) is 0.229. The van der Waals surface area contributed by atoms with Gasteiger partial charge in [-0.2, -0.15) is 0 Å². The molecule has 1 aromatic rings. The Bertz CT molecular complexity index is 586. The minimum absolute atomic E-state index is 0.107. The monoisotopic (exact) mass is 294 g/mol. The van der Waals surface area contributed by atoms with Crippen molar-refractivity contribution in [2.75, 3.05) is 19.8 Å². The van der Waals surface area contributed by atoms with Crippen LogP contribution >= 0.6 is 0 Å². The SMILES string of the molecule is NC(=O)OCC(=CF)COc1ccc2c(c1)C(=O)NCC2. The van der Waals surface area contributed by atoms with Gasteiger partial charge in [-0.05, 0) is 24.1 Å². The molecule has 0 bridgehead atoms. The van der Waals surface area contributed by atoms with Crippen LogP contribution in [0.2, 0.25) is 0 Å². The molecule has 1 aliphatic rings. The number of fused-ring (bicyclic) bond motifs is 1. The van der Waals surface area contributed by atoms with Crippen molar-refractivity contribution in [2.45, 2.75) is 6.42 Å². The molecule has 1 aromatic carbocycles. The Kier molecular flexibility index (Phi) is 4.76. The molecule has 0 unspecified atom stereocenters. The Hall–Kier alpha value is -2.57. The van der Waals surface area contributed by atoms with Crippen LogP contribution < -0.4 is 15.8 Å². The van der Waals surface area contributed by atoms with E-state index in [9.17, 15) is 14.0 Å². The van der Waals surface area contributed by atoms with Crippen LogP contribution in [0.1, 0.15) is 15.9 Å². The summed E-state index contributed by atoms with van der Waals surface area (Å²) in [7, 11) is 0. The highest BCUT2D eigenvalue weighted by molar-refractivity contribution is 5.97. The number of carbonyl (C=O) groups is 2. The number of amides is 2. The van der Waals surface area contributed by atoms with Gasteiger partial charge in [0, 0.05) is 17.7 Å². The lowest BCUT2D eigenvalue weighted by molar-refractivity contribution is 0.0945. The van der Waals surface area contributed by atoms with Crippen molar-refractivity contribution in [1.29, 1.82) is 0 Å². The van der Waals surface area contributed by atoms with Gasteiger partial charge < -0.3 is 20.5 Å². The predicted octanol–water partition coefficient (Wildman–Crippen LogP) is 1.30. The van der Waals surface area contributed by atoms with Gasteiger partial charge in [-0.1, -0.05) is 6.07 Å². The van der Waals surface area contributed by atoms with Gasteiger partial charge in [0.1, 0.15) is 19.0 Å². The maximum absolute atomic E-state index is 12.6. The lowest BCUT2D eigenvalue weighted by Gasteiger charge is -2.17. The number of carbonyl (C=O) groups excluding carboxylic acids is 2. The van der Waals surface area contributed by atoms with Gasteiger partial charge in [0.05, 0.1) is 6.33 Å². The minimum Gasteiger partial charge on any atom is -0.489 e. The smallest absolute Gasteiger partial charge is 0.404 e. The van der Waals surface area contributed by atoms with E-state index in [0.29, 0.717) is 24.2 Å². The van der Waals surface area contributed by atoms with Crippen LogP contribution in [0.15, 0.2) is 30.1 Å². The average molecular weight is 294 g/mol. The molecule has 1 heterocycles. The molecule has 3 N–H and O–H groups in total. The van der Waals surface area contributed by atoms with E-state index < -0.39 is 6.09 Å². The fourth-order valence-corrected chi connectivity index (χ4v) is 1.93. The number of halogens is 1. The molecule has 21 heavy (non-hydrogen) atoms. The third-order valence-electron chi connectivity index (χ3n) is 2.98. The molecule has 2 amide bonds. The van der Waals surface area contributed by atoms with Crippen molar-refractivity contribution < 1.29 is 23.5 Å². The summed E-state index contributed by atoms with van der Waals surface area (Å²) in [6, 6.07) is 5.12. The molecule has 0 fully saturated rings. The highest BCUT2D eigenvalue weighted by Gasteiger charge is 2.17. The number of ether oxygens (including phenoxy) is 2. The van der Waals surface area contributed by atoms with Gasteiger partial charge in [0.25, 0.3) is 5.91 Å². The van der Waals surface area contributed by atoms with Crippen molar-refractivity contribution in [3.05, 3.63) is 41.2 Å². The molecular weight excluding hydrogens is 279 g/mol. The molecule has 2 rings (SSSR count). The molecule has 0 radical (unpaired) electrons. The van der Waals surface area contributed by atoms with Gasteiger partial charge in [0.15, 0.2) is 0 Å². The highest BCUT2D eigenvalue weighted by atomic mass is 19.1. The van der Waals surface area contributed by atoms with E-state index in [2.05, 4.69) is 10.1 Å². The van der Waals surface area contributed by atoms with Crippen LogP contribution in [0.3, 0.4) is 0 Å². The molecule has 112 valence electrons. The largest absolute Gasteiger partial charge is 0.489 e. The van der Waals surface area contributed by atoms with E-state index in [1.807, 2.05) is 6.07 Å². The van der Waals surface area contributed by atoms with Gasteiger partial charge in [0.2, 0.25) is 0 Å². The van der Waals surface area contributed by atoms with Gasteiger partial charge in [-0.25, -0.2) is 9.18 Å². The van der Waals surface area contributed by atoms with Crippen LogP contribution in [-0.4, -0.2) is 31.8 Å². The first kappa shape index (κ1) is 14.8. The van der Waals surface area contributed by atoms with Crippen LogP contribution in [0, 0.1) is 0 Å². The molecule has 6 nitrogen and oxygen atoms in total. The minimum atomic E-state index is -0.986. The van der Waals surface area contributed by atoms with Crippen molar-refractivity contribution in [3.8, 4) is 5.75 Å². The highest BCUT2D eigenvalue weighted by Crippen LogP contribution is 2.21. The normalized spacial score (nSPS) is 14.1. The Morgan fingerprint density at radius 2 is 2.24 bits per heavy atom. The topological polar surface area (TPSA) is 90.7 Å². The number of nitrogens with one attached hydrogen (secondary N) is 1. The third-order valence-corrected chi connectivity index (χ3v) is 2.98. The Labute approximate surface area is 120 Å². The standard InChI is InChI=1S/C14H15FN2O4/c15-6-9(8-21-14(16)19)7-20-11-2-1-10-3-4-17-13(18)12(10)5-11/h1-2,5-6H,3-4,7-8H2,(H2,16,19)(H,17,18). The fraction of sp³-hybridized carbons (Fsp3) is 0.286. The quantitative estimate of drug-likeness (QED) is 0.856. The summed E-state index contributed by atoms with van der Waals surface area (Å²) in [5.74, 6) is 0.282. The molecule has 0 aromatic heterocycles. The Morgan fingerprint density at radius 1 is 1.43 bits per heavy atom. The van der Waals surface area contributed by atoms with E-state index >= 15 is 0 Å². The molecule has 7 heteroatoms. The van der Waals surface area contributed by atoms with Crippen molar-refractivity contribution in [3.63, 3.8) is 0 Å². The third kappa shape index (κ3) is 3.95. The molecule has 1 aliphatic heterocycles. The lowest BCUT2D eigenvalue weighted by Crippen LogP contribution is -2.31. The van der Waals surface area contributed by atoms with Gasteiger partial charge in [-0.3, -0.25) is 4.79 Å². The number of nitrogens with two attached hydrogens (primary N) is 1. The second kappa shape index (κ2) is 6.74. The zero-order valence-corrected chi connectivity index (χ0v) is 11.2. The zero-order chi connectivity index (χ0) is 15.2. The summed E-state index contributed by atoms with van der Waals surface area (Å²) in [4.78, 5) is 22.2. The summed E-state index contributed by atoms with van der Waals surface area (Å²) in [5, 5.41) is 2.74. The Balaban J connectivity index is 1.98. The second-order valence-electron chi connectivity index (χ2n) is 4.49. The van der Waals surface area contributed by atoms with Gasteiger partial charge in [-0.15, -0.1) is 0 Å². The lowest BCUT2D eigenvalue weighted by atomic mass is 10.0. The van der Waals surface area contributed by atoms with Crippen LogP contribution in [0.5, 0.6) is 5.75 Å². The molecule has 0 saturated carbocycles. The number of rotatable bonds is 5. The average Bonchev–Trinajstić information content (AvgIpc) is 2.48. The van der Waals surface area contributed by atoms with E-state index in [1.54, 1.807) is 12.1 Å². The van der Waals surface area contributed by atoms with E-state index in [0.717, 1.165) is 12.0 Å². The van der Waals surface area contributed by atoms with E-state index in [1.165, 1.54) is 0 Å². The number of hydrogen-bond acceptors (Lipinski definition) is 4. The van der Waals surface area contributed by atoms with Crippen molar-refractivity contribution in [1.82, 2.24) is 5.32 Å². The number of primary amides is 1. The Morgan fingerprint density at radius 3 is 2.95 bits per heavy atom. The number of benzene rings is 1. The molecular formula is C14H15FN2O4. The first-order valence-corrected chi connectivity index (χ1v) is 6.34. The predicted molar refractivity (Wildman–Crippen MR) is 72.7 cm³/mol. The summed E-state index contributed by atoms with van der Waals surface area (Å²) in [5.41, 5.74) is 6.42. The van der Waals surface area contributed by atoms with Crippen molar-refractivity contribution >= 4 is 12.0 Å². The summed E-state index contributed by atoms with van der Waals surface area (Å²) >= 11 is 0. The van der Waals surface area contributed by atoms with Crippen LogP contribution in [-0.2, 0) is 11.2 Å².